The zero-order chi connectivity index (χ0) is 10.2. The number of nitrogens with one attached hydrogen (secondary N) is 1. The first-order chi connectivity index (χ1) is 6.88. The minimum Gasteiger partial charge on any atom is -0.497 e. The van der Waals surface area contributed by atoms with Crippen molar-refractivity contribution in [1.82, 2.24) is 5.43 Å². The second kappa shape index (κ2) is 6.85. The summed E-state index contributed by atoms with van der Waals surface area (Å²) < 4.78 is 5.58. The Kier molecular flexibility index (Phi) is 5.64. The molecule has 0 bridgehead atoms. The molecule has 1 aliphatic rings. The Hall–Kier alpha value is -0.540. The molecule has 1 rings (SSSR count). The monoisotopic (exact) mass is 198 g/mol. The Balaban J connectivity index is 2.32. The Labute approximate surface area is 86.7 Å². The first-order valence-electron chi connectivity index (χ1n) is 5.67. The van der Waals surface area contributed by atoms with Gasteiger partial charge in [0.05, 0.1) is 12.6 Å². The summed E-state index contributed by atoms with van der Waals surface area (Å²) in [5.41, 5.74) is 2.84. The van der Waals surface area contributed by atoms with Crippen molar-refractivity contribution in [2.24, 2.45) is 5.84 Å². The van der Waals surface area contributed by atoms with Crippen molar-refractivity contribution >= 4 is 0 Å². The van der Waals surface area contributed by atoms with Crippen LogP contribution in [0.25, 0.3) is 0 Å². The molecule has 0 aromatic heterocycles. The highest BCUT2D eigenvalue weighted by Gasteiger charge is 2.15. The third kappa shape index (κ3) is 3.68. The predicted octanol–water partition coefficient (Wildman–Crippen LogP) is 2.09. The molecule has 0 saturated carbocycles. The van der Waals surface area contributed by atoms with Crippen molar-refractivity contribution in [3.8, 4) is 0 Å². The Morgan fingerprint density at radius 3 is 3.00 bits per heavy atom. The average molecular weight is 198 g/mol. The van der Waals surface area contributed by atoms with Gasteiger partial charge in [-0.25, -0.2) is 5.43 Å². The molecule has 82 valence electrons. The molecule has 3 nitrogen and oxygen atoms in total. The standard InChI is InChI=1S/C11H22N2O/c1-2-3-4-7-10(13-12)11-8-5-6-9-14-11/h8,10,13H,2-7,9,12H2,1H3. The van der Waals surface area contributed by atoms with Crippen LogP contribution < -0.4 is 11.3 Å². The number of ether oxygens (including phenoxy) is 1. The van der Waals surface area contributed by atoms with Crippen LogP contribution in [0.4, 0.5) is 0 Å². The van der Waals surface area contributed by atoms with Gasteiger partial charge in [-0.15, -0.1) is 0 Å². The molecular weight excluding hydrogens is 176 g/mol. The quantitative estimate of drug-likeness (QED) is 0.390. The van der Waals surface area contributed by atoms with Crippen molar-refractivity contribution < 1.29 is 4.74 Å². The van der Waals surface area contributed by atoms with Crippen molar-refractivity contribution in [3.63, 3.8) is 0 Å². The number of allylic oxidation sites excluding steroid dienone is 1. The highest BCUT2D eigenvalue weighted by Crippen LogP contribution is 2.17. The maximum atomic E-state index is 5.58. The third-order valence-electron chi connectivity index (χ3n) is 2.60. The molecule has 3 heteroatoms. The van der Waals surface area contributed by atoms with Crippen molar-refractivity contribution in [1.29, 1.82) is 0 Å². The number of nitrogens with two attached hydrogens (primary N) is 1. The van der Waals surface area contributed by atoms with Gasteiger partial charge in [-0.05, 0) is 25.3 Å². The van der Waals surface area contributed by atoms with Crippen LogP contribution in [-0.4, -0.2) is 12.6 Å². The maximum absolute atomic E-state index is 5.58. The molecule has 3 N–H and O–H groups in total. The summed E-state index contributed by atoms with van der Waals surface area (Å²) in [5.74, 6) is 6.57. The molecule has 0 aromatic rings. The van der Waals surface area contributed by atoms with Crippen LogP contribution in [0.3, 0.4) is 0 Å². The van der Waals surface area contributed by atoms with Crippen molar-refractivity contribution in [2.75, 3.05) is 6.61 Å². The van der Waals surface area contributed by atoms with Crippen LogP contribution in [0.2, 0.25) is 0 Å². The van der Waals surface area contributed by atoms with E-state index in [2.05, 4.69) is 18.4 Å². The van der Waals surface area contributed by atoms with E-state index in [4.69, 9.17) is 10.6 Å². The second-order valence-electron chi connectivity index (χ2n) is 3.81. The predicted molar refractivity (Wildman–Crippen MR) is 58.5 cm³/mol. The Bertz CT molecular complexity index is 180. The first-order valence-corrected chi connectivity index (χ1v) is 5.67. The van der Waals surface area contributed by atoms with E-state index in [-0.39, 0.29) is 6.04 Å². The molecule has 0 aromatic carbocycles. The van der Waals surface area contributed by atoms with E-state index in [0.29, 0.717) is 0 Å². The van der Waals surface area contributed by atoms with Crippen LogP contribution in [0.15, 0.2) is 11.8 Å². The maximum Gasteiger partial charge on any atom is 0.110 e. The van der Waals surface area contributed by atoms with E-state index in [1.165, 1.54) is 19.3 Å². The molecule has 0 radical (unpaired) electrons. The van der Waals surface area contributed by atoms with Crippen LogP contribution >= 0.6 is 0 Å². The SMILES string of the molecule is CCCCCC(NN)C1=CCCCO1. The number of rotatable bonds is 6. The Morgan fingerprint density at radius 2 is 2.43 bits per heavy atom. The lowest BCUT2D eigenvalue weighted by Crippen LogP contribution is -2.38. The average Bonchev–Trinajstić information content (AvgIpc) is 2.26. The van der Waals surface area contributed by atoms with Crippen LogP contribution in [0, 0.1) is 0 Å². The lowest BCUT2D eigenvalue weighted by atomic mass is 10.1. The molecule has 0 saturated heterocycles. The molecule has 1 heterocycles. The van der Waals surface area contributed by atoms with Gasteiger partial charge in [0.25, 0.3) is 0 Å². The van der Waals surface area contributed by atoms with Crippen LogP contribution in [0.5, 0.6) is 0 Å². The normalized spacial score (nSPS) is 18.6. The molecule has 1 aliphatic heterocycles. The molecule has 14 heavy (non-hydrogen) atoms. The number of hydrogen-bond acceptors (Lipinski definition) is 3. The fourth-order valence-corrected chi connectivity index (χ4v) is 1.73. The lowest BCUT2D eigenvalue weighted by molar-refractivity contribution is 0.164. The van der Waals surface area contributed by atoms with Gasteiger partial charge < -0.3 is 4.74 Å². The van der Waals surface area contributed by atoms with Gasteiger partial charge in [-0.3, -0.25) is 5.84 Å². The third-order valence-corrected chi connectivity index (χ3v) is 2.60. The molecule has 1 atom stereocenters. The molecule has 0 spiro atoms. The zero-order valence-corrected chi connectivity index (χ0v) is 9.09. The van der Waals surface area contributed by atoms with Gasteiger partial charge in [0, 0.05) is 0 Å². The van der Waals surface area contributed by atoms with E-state index < -0.39 is 0 Å². The smallest absolute Gasteiger partial charge is 0.110 e. The first kappa shape index (κ1) is 11.5. The van der Waals surface area contributed by atoms with Gasteiger partial charge in [0.15, 0.2) is 0 Å². The summed E-state index contributed by atoms with van der Waals surface area (Å²) in [6, 6.07) is 0.224. The molecular formula is C11H22N2O. The van der Waals surface area contributed by atoms with Crippen molar-refractivity contribution in [3.05, 3.63) is 11.8 Å². The van der Waals surface area contributed by atoms with Gasteiger partial charge in [0.2, 0.25) is 0 Å². The summed E-state index contributed by atoms with van der Waals surface area (Å²) in [7, 11) is 0. The summed E-state index contributed by atoms with van der Waals surface area (Å²) in [6.07, 6.45) is 9.24. The minimum absolute atomic E-state index is 0.224. The zero-order valence-electron chi connectivity index (χ0n) is 9.09. The van der Waals surface area contributed by atoms with E-state index in [9.17, 15) is 0 Å². The van der Waals surface area contributed by atoms with Gasteiger partial charge in [-0.1, -0.05) is 26.2 Å². The van der Waals surface area contributed by atoms with E-state index in [0.717, 1.165) is 31.6 Å². The van der Waals surface area contributed by atoms with Gasteiger partial charge in [-0.2, -0.15) is 0 Å². The van der Waals surface area contributed by atoms with Crippen LogP contribution in [0.1, 0.15) is 45.4 Å². The fraction of sp³-hybridized carbons (Fsp3) is 0.818. The lowest BCUT2D eigenvalue weighted by Gasteiger charge is -2.23. The minimum atomic E-state index is 0.224. The summed E-state index contributed by atoms with van der Waals surface area (Å²) >= 11 is 0. The van der Waals surface area contributed by atoms with E-state index in [1.54, 1.807) is 0 Å². The van der Waals surface area contributed by atoms with E-state index >= 15 is 0 Å². The highest BCUT2D eigenvalue weighted by atomic mass is 16.5. The Morgan fingerprint density at radius 1 is 1.57 bits per heavy atom. The molecule has 0 fully saturated rings. The van der Waals surface area contributed by atoms with Gasteiger partial charge in [0.1, 0.15) is 5.76 Å². The van der Waals surface area contributed by atoms with Crippen LogP contribution in [-0.2, 0) is 4.74 Å². The number of hydrogen-bond donors (Lipinski definition) is 2. The topological polar surface area (TPSA) is 47.3 Å². The number of hydrazine groups is 1. The van der Waals surface area contributed by atoms with E-state index in [1.807, 2.05) is 0 Å². The highest BCUT2D eigenvalue weighted by molar-refractivity contribution is 5.04. The summed E-state index contributed by atoms with van der Waals surface area (Å²) in [4.78, 5) is 0. The summed E-state index contributed by atoms with van der Waals surface area (Å²) in [6.45, 7) is 3.05. The largest absolute Gasteiger partial charge is 0.497 e. The fourth-order valence-electron chi connectivity index (χ4n) is 1.73. The van der Waals surface area contributed by atoms with Crippen molar-refractivity contribution in [2.45, 2.75) is 51.5 Å². The van der Waals surface area contributed by atoms with Gasteiger partial charge >= 0.3 is 0 Å². The summed E-state index contributed by atoms with van der Waals surface area (Å²) in [5, 5.41) is 0. The molecule has 1 unspecified atom stereocenters. The number of unbranched alkanes of at least 4 members (excludes halogenated alkanes) is 2. The molecule has 0 amide bonds. The molecule has 0 aliphatic carbocycles. The second-order valence-corrected chi connectivity index (χ2v) is 3.81.